The molecule has 0 unspecified atom stereocenters. The third-order valence-corrected chi connectivity index (χ3v) is 8.80. The standard InChI is InChI=1S/C40H25N3O/c1-3-13-26(14-4-1)37-41-38(27-15-5-2-6-16-27)43-39(42-37)28-23-24-30-29-17-7-8-18-31(29)40(34(30)25-28)32-19-9-11-21-35(32)44-36-22-12-10-20-33(36)40/h1-25H. The Morgan fingerprint density at radius 1 is 0.364 bits per heavy atom. The summed E-state index contributed by atoms with van der Waals surface area (Å²) >= 11 is 0. The number of rotatable bonds is 3. The number of nitrogens with zero attached hydrogens (tertiary/aromatic N) is 3. The molecule has 2 heterocycles. The van der Waals surface area contributed by atoms with Gasteiger partial charge in [-0.05, 0) is 40.5 Å². The van der Waals surface area contributed by atoms with Crippen LogP contribution in [0.1, 0.15) is 22.3 Å². The van der Waals surface area contributed by atoms with Crippen LogP contribution < -0.4 is 4.74 Å². The Hall–Kier alpha value is -5.87. The van der Waals surface area contributed by atoms with Crippen LogP contribution in [0.5, 0.6) is 11.5 Å². The smallest absolute Gasteiger partial charge is 0.164 e. The average Bonchev–Trinajstić information content (AvgIpc) is 3.39. The van der Waals surface area contributed by atoms with Crippen molar-refractivity contribution in [1.29, 1.82) is 0 Å². The summed E-state index contributed by atoms with van der Waals surface area (Å²) in [5, 5.41) is 0. The molecule has 0 atom stereocenters. The van der Waals surface area contributed by atoms with Gasteiger partial charge in [0.15, 0.2) is 17.5 Å². The highest BCUT2D eigenvalue weighted by molar-refractivity contribution is 5.90. The summed E-state index contributed by atoms with van der Waals surface area (Å²) in [4.78, 5) is 15.0. The summed E-state index contributed by atoms with van der Waals surface area (Å²) < 4.78 is 6.51. The van der Waals surface area contributed by atoms with Crippen LogP contribution in [0.4, 0.5) is 0 Å². The highest BCUT2D eigenvalue weighted by atomic mass is 16.5. The van der Waals surface area contributed by atoms with E-state index in [-0.39, 0.29) is 0 Å². The Balaban J connectivity index is 1.33. The molecule has 4 heteroatoms. The second kappa shape index (κ2) is 9.58. The maximum atomic E-state index is 6.51. The van der Waals surface area contributed by atoms with Crippen molar-refractivity contribution < 1.29 is 4.74 Å². The molecule has 206 valence electrons. The molecule has 0 fully saturated rings. The molecule has 7 aromatic rings. The third-order valence-electron chi connectivity index (χ3n) is 8.80. The molecule has 0 radical (unpaired) electrons. The van der Waals surface area contributed by atoms with E-state index in [9.17, 15) is 0 Å². The van der Waals surface area contributed by atoms with Crippen LogP contribution in [0, 0.1) is 0 Å². The van der Waals surface area contributed by atoms with E-state index in [0.717, 1.165) is 39.3 Å². The zero-order valence-corrected chi connectivity index (χ0v) is 23.7. The molecule has 1 spiro atoms. The first kappa shape index (κ1) is 24.7. The Bertz CT molecular complexity index is 2110. The van der Waals surface area contributed by atoms with Gasteiger partial charge in [-0.1, -0.05) is 133 Å². The van der Waals surface area contributed by atoms with Crippen LogP contribution in [0.3, 0.4) is 0 Å². The Kier molecular flexibility index (Phi) is 5.38. The Morgan fingerprint density at radius 3 is 1.41 bits per heavy atom. The van der Waals surface area contributed by atoms with Crippen molar-refractivity contribution in [3.05, 3.63) is 174 Å². The van der Waals surface area contributed by atoms with E-state index < -0.39 is 5.41 Å². The van der Waals surface area contributed by atoms with Crippen molar-refractivity contribution in [1.82, 2.24) is 15.0 Å². The predicted octanol–water partition coefficient (Wildman–Crippen LogP) is 9.34. The molecule has 4 nitrogen and oxygen atoms in total. The van der Waals surface area contributed by atoms with Gasteiger partial charge >= 0.3 is 0 Å². The zero-order valence-electron chi connectivity index (χ0n) is 23.7. The maximum Gasteiger partial charge on any atom is 0.164 e. The lowest BCUT2D eigenvalue weighted by Gasteiger charge is -2.39. The van der Waals surface area contributed by atoms with E-state index in [1.54, 1.807) is 0 Å². The van der Waals surface area contributed by atoms with Crippen molar-refractivity contribution in [2.75, 3.05) is 0 Å². The molecule has 0 bridgehead atoms. The van der Waals surface area contributed by atoms with E-state index >= 15 is 0 Å². The van der Waals surface area contributed by atoms with E-state index in [0.29, 0.717) is 17.5 Å². The molecule has 0 saturated carbocycles. The summed E-state index contributed by atoms with van der Waals surface area (Å²) in [5.74, 6) is 3.68. The number of fused-ring (bicyclic) bond motifs is 9. The number of para-hydroxylation sites is 2. The molecule has 1 aliphatic carbocycles. The van der Waals surface area contributed by atoms with Crippen molar-refractivity contribution in [2.24, 2.45) is 0 Å². The lowest BCUT2D eigenvalue weighted by molar-refractivity contribution is 0.436. The molecule has 0 saturated heterocycles. The van der Waals surface area contributed by atoms with Crippen molar-refractivity contribution in [2.45, 2.75) is 5.41 Å². The largest absolute Gasteiger partial charge is 0.457 e. The quantitative estimate of drug-likeness (QED) is 0.215. The molecule has 9 rings (SSSR count). The molecular weight excluding hydrogens is 538 g/mol. The molecule has 1 aliphatic heterocycles. The fourth-order valence-corrected chi connectivity index (χ4v) is 6.93. The summed E-state index contributed by atoms with van der Waals surface area (Å²) in [6, 6.07) is 52.5. The van der Waals surface area contributed by atoms with Crippen molar-refractivity contribution in [3.8, 4) is 56.8 Å². The normalized spacial score (nSPS) is 13.4. The number of benzene rings is 6. The molecule has 0 amide bonds. The van der Waals surface area contributed by atoms with Crippen LogP contribution in [0.15, 0.2) is 152 Å². The third kappa shape index (κ3) is 3.55. The number of ether oxygens (including phenoxy) is 1. The van der Waals surface area contributed by atoms with Crippen molar-refractivity contribution >= 4 is 0 Å². The van der Waals surface area contributed by atoms with Crippen LogP contribution >= 0.6 is 0 Å². The second-order valence-corrected chi connectivity index (χ2v) is 11.2. The van der Waals surface area contributed by atoms with Gasteiger partial charge in [0, 0.05) is 27.8 Å². The van der Waals surface area contributed by atoms with Crippen LogP contribution in [-0.2, 0) is 5.41 Å². The fraction of sp³-hybridized carbons (Fsp3) is 0.0250. The lowest BCUT2D eigenvalue weighted by atomic mass is 9.66. The van der Waals surface area contributed by atoms with Gasteiger partial charge < -0.3 is 4.74 Å². The summed E-state index contributed by atoms with van der Waals surface area (Å²) in [7, 11) is 0. The van der Waals surface area contributed by atoms with Gasteiger partial charge in [0.05, 0.1) is 5.41 Å². The molecule has 2 aliphatic rings. The minimum absolute atomic E-state index is 0.551. The van der Waals surface area contributed by atoms with E-state index in [1.807, 2.05) is 72.8 Å². The SMILES string of the molecule is c1ccc(-c2nc(-c3ccccc3)nc(-c3ccc4c(c3)C3(c5ccccc5Oc5ccccc53)c3ccccc3-4)n2)cc1. The van der Waals surface area contributed by atoms with Gasteiger partial charge in [-0.25, -0.2) is 15.0 Å². The first-order valence-corrected chi connectivity index (χ1v) is 14.8. The van der Waals surface area contributed by atoms with Crippen LogP contribution in [-0.4, -0.2) is 15.0 Å². The lowest BCUT2D eigenvalue weighted by Crippen LogP contribution is -2.32. The highest BCUT2D eigenvalue weighted by Gasteiger charge is 2.51. The Morgan fingerprint density at radius 2 is 0.818 bits per heavy atom. The van der Waals surface area contributed by atoms with Gasteiger partial charge in [-0.15, -0.1) is 0 Å². The first-order chi connectivity index (χ1) is 21.8. The molecule has 44 heavy (non-hydrogen) atoms. The fourth-order valence-electron chi connectivity index (χ4n) is 6.93. The molecule has 6 aromatic carbocycles. The monoisotopic (exact) mass is 563 g/mol. The number of hydrogen-bond acceptors (Lipinski definition) is 4. The van der Waals surface area contributed by atoms with Gasteiger partial charge in [0.1, 0.15) is 11.5 Å². The Labute approximate surface area is 255 Å². The van der Waals surface area contributed by atoms with E-state index in [4.69, 9.17) is 19.7 Å². The van der Waals surface area contributed by atoms with Crippen molar-refractivity contribution in [3.63, 3.8) is 0 Å². The van der Waals surface area contributed by atoms with Crippen LogP contribution in [0.25, 0.3) is 45.3 Å². The summed E-state index contributed by atoms with van der Waals surface area (Å²) in [5.41, 5.74) is 9.43. The molecular formula is C40H25N3O. The van der Waals surface area contributed by atoms with Gasteiger partial charge in [-0.3, -0.25) is 0 Å². The van der Waals surface area contributed by atoms with Gasteiger partial charge in [0.25, 0.3) is 0 Å². The minimum atomic E-state index is -0.551. The number of hydrogen-bond donors (Lipinski definition) is 0. The molecule has 0 N–H and O–H groups in total. The first-order valence-electron chi connectivity index (χ1n) is 14.8. The van der Waals surface area contributed by atoms with Gasteiger partial charge in [-0.2, -0.15) is 0 Å². The minimum Gasteiger partial charge on any atom is -0.457 e. The predicted molar refractivity (Wildman–Crippen MR) is 174 cm³/mol. The zero-order chi connectivity index (χ0) is 29.1. The molecule has 1 aromatic heterocycles. The average molecular weight is 564 g/mol. The number of aromatic nitrogens is 3. The second-order valence-electron chi connectivity index (χ2n) is 11.2. The maximum absolute atomic E-state index is 6.51. The van der Waals surface area contributed by atoms with E-state index in [1.165, 1.54) is 22.3 Å². The van der Waals surface area contributed by atoms with Gasteiger partial charge in [0.2, 0.25) is 0 Å². The summed E-state index contributed by atoms with van der Waals surface area (Å²) in [6.45, 7) is 0. The summed E-state index contributed by atoms with van der Waals surface area (Å²) in [6.07, 6.45) is 0. The topological polar surface area (TPSA) is 47.9 Å². The van der Waals surface area contributed by atoms with Crippen LogP contribution in [0.2, 0.25) is 0 Å². The highest BCUT2D eigenvalue weighted by Crippen LogP contribution is 2.62. The van der Waals surface area contributed by atoms with E-state index in [2.05, 4.69) is 78.9 Å².